The summed E-state index contributed by atoms with van der Waals surface area (Å²) < 4.78 is 4.61. The van der Waals surface area contributed by atoms with E-state index in [9.17, 15) is 0 Å². The highest BCUT2D eigenvalue weighted by molar-refractivity contribution is 7.71. The van der Waals surface area contributed by atoms with E-state index in [-0.39, 0.29) is 0 Å². The molecule has 0 radical (unpaired) electrons. The molecule has 2 aromatic carbocycles. The zero-order valence-electron chi connectivity index (χ0n) is 16.2. The number of hydrogen-bond donors (Lipinski definition) is 0. The van der Waals surface area contributed by atoms with Crippen molar-refractivity contribution in [3.05, 3.63) is 63.9 Å². The van der Waals surface area contributed by atoms with Gasteiger partial charge in [-0.3, -0.25) is 4.90 Å². The van der Waals surface area contributed by atoms with Crippen molar-refractivity contribution < 1.29 is 0 Å². The summed E-state index contributed by atoms with van der Waals surface area (Å²) in [4.78, 5) is 4.85. The van der Waals surface area contributed by atoms with E-state index in [1.807, 2.05) is 40.6 Å². The van der Waals surface area contributed by atoms with Crippen LogP contribution in [-0.4, -0.2) is 45.4 Å². The lowest BCUT2D eigenvalue weighted by molar-refractivity contribution is 0.194. The van der Waals surface area contributed by atoms with Crippen LogP contribution in [0.25, 0.3) is 11.4 Å². The van der Waals surface area contributed by atoms with Crippen molar-refractivity contribution in [3.8, 4) is 11.4 Å². The van der Waals surface area contributed by atoms with Gasteiger partial charge in [0.1, 0.15) is 0 Å². The summed E-state index contributed by atoms with van der Waals surface area (Å²) in [5.41, 5.74) is 3.62. The quantitative estimate of drug-likeness (QED) is 0.594. The molecule has 0 atom stereocenters. The van der Waals surface area contributed by atoms with Gasteiger partial charge in [-0.1, -0.05) is 23.7 Å². The minimum atomic E-state index is 0.710. The van der Waals surface area contributed by atoms with E-state index < -0.39 is 0 Å². The highest BCUT2D eigenvalue weighted by atomic mass is 35.5. The van der Waals surface area contributed by atoms with Crippen LogP contribution in [0.3, 0.4) is 0 Å². The van der Waals surface area contributed by atoms with Gasteiger partial charge in [0.25, 0.3) is 0 Å². The van der Waals surface area contributed by atoms with E-state index in [2.05, 4.69) is 41.0 Å². The van der Waals surface area contributed by atoms with Crippen LogP contribution in [0.15, 0.2) is 48.5 Å². The van der Waals surface area contributed by atoms with E-state index in [0.717, 1.165) is 47.4 Å². The number of benzene rings is 2. The third kappa shape index (κ3) is 3.99. The summed E-state index contributed by atoms with van der Waals surface area (Å²) in [5, 5.41) is 5.49. The summed E-state index contributed by atoms with van der Waals surface area (Å²) >= 11 is 11.6. The molecule has 28 heavy (non-hydrogen) atoms. The minimum absolute atomic E-state index is 0.710. The Hall–Kier alpha value is -2.15. The number of hydrogen-bond acceptors (Lipinski definition) is 4. The molecule has 7 heteroatoms. The van der Waals surface area contributed by atoms with Crippen molar-refractivity contribution >= 4 is 29.5 Å². The number of rotatable bonds is 4. The molecule has 0 N–H and O–H groups in total. The molecule has 0 spiro atoms. The Morgan fingerprint density at radius 2 is 1.75 bits per heavy atom. The lowest BCUT2D eigenvalue weighted by Crippen LogP contribution is -2.47. The summed E-state index contributed by atoms with van der Waals surface area (Å²) in [6.07, 6.45) is 0. The topological polar surface area (TPSA) is 29.2 Å². The van der Waals surface area contributed by atoms with E-state index in [4.69, 9.17) is 28.9 Å². The first-order valence-electron chi connectivity index (χ1n) is 9.45. The SMILES string of the molecule is Cc1cccc(N2CCN(Cn3nc(-c4ccc(Cl)cc4)n(C)c3=S)CC2)c1. The van der Waals surface area contributed by atoms with Gasteiger partial charge >= 0.3 is 0 Å². The monoisotopic (exact) mass is 413 g/mol. The Morgan fingerprint density at radius 3 is 2.43 bits per heavy atom. The predicted octanol–water partition coefficient (Wildman–Crippen LogP) is 4.36. The van der Waals surface area contributed by atoms with Crippen LogP contribution >= 0.6 is 23.8 Å². The van der Waals surface area contributed by atoms with Crippen molar-refractivity contribution in [1.29, 1.82) is 0 Å². The molecule has 0 unspecified atom stereocenters. The highest BCUT2D eigenvalue weighted by Gasteiger charge is 2.19. The normalized spacial score (nSPS) is 15.2. The van der Waals surface area contributed by atoms with Gasteiger partial charge in [0.2, 0.25) is 0 Å². The van der Waals surface area contributed by atoms with Crippen LogP contribution < -0.4 is 4.90 Å². The van der Waals surface area contributed by atoms with Crippen LogP contribution in [0, 0.1) is 11.7 Å². The lowest BCUT2D eigenvalue weighted by Gasteiger charge is -2.36. The van der Waals surface area contributed by atoms with Gasteiger partial charge in [0.05, 0.1) is 6.67 Å². The Kier molecular flexibility index (Phi) is 5.53. The average Bonchev–Trinajstić information content (AvgIpc) is 2.98. The molecule has 1 aliphatic rings. The molecule has 0 saturated carbocycles. The Balaban J connectivity index is 1.45. The van der Waals surface area contributed by atoms with Gasteiger partial charge in [-0.2, -0.15) is 5.10 Å². The predicted molar refractivity (Wildman–Crippen MR) is 117 cm³/mol. The number of aromatic nitrogens is 3. The van der Waals surface area contributed by atoms with Crippen molar-refractivity contribution in [1.82, 2.24) is 19.2 Å². The fourth-order valence-electron chi connectivity index (χ4n) is 3.59. The van der Waals surface area contributed by atoms with E-state index in [1.54, 1.807) is 0 Å². The van der Waals surface area contributed by atoms with Crippen molar-refractivity contribution in [3.63, 3.8) is 0 Å². The van der Waals surface area contributed by atoms with Crippen LogP contribution in [0.2, 0.25) is 5.02 Å². The third-order valence-electron chi connectivity index (χ3n) is 5.22. The molecule has 0 amide bonds. The van der Waals surface area contributed by atoms with Crippen molar-refractivity contribution in [2.75, 3.05) is 31.1 Å². The van der Waals surface area contributed by atoms with Gasteiger partial charge in [-0.25, -0.2) is 4.68 Å². The molecule has 5 nitrogen and oxygen atoms in total. The molecule has 0 aliphatic carbocycles. The molecular formula is C21H24ClN5S. The minimum Gasteiger partial charge on any atom is -0.369 e. The third-order valence-corrected chi connectivity index (χ3v) is 5.95. The maximum atomic E-state index is 6.01. The summed E-state index contributed by atoms with van der Waals surface area (Å²) in [6, 6.07) is 16.4. The summed E-state index contributed by atoms with van der Waals surface area (Å²) in [5.74, 6) is 0.861. The number of aryl methyl sites for hydroxylation is 1. The van der Waals surface area contributed by atoms with Crippen LogP contribution in [0.4, 0.5) is 5.69 Å². The average molecular weight is 414 g/mol. The number of piperazine rings is 1. The van der Waals surface area contributed by atoms with Gasteiger partial charge in [0.15, 0.2) is 10.6 Å². The second-order valence-corrected chi connectivity index (χ2v) is 8.06. The molecule has 4 rings (SSSR count). The van der Waals surface area contributed by atoms with Crippen molar-refractivity contribution in [2.24, 2.45) is 7.05 Å². The van der Waals surface area contributed by atoms with Crippen LogP contribution in [0.1, 0.15) is 5.56 Å². The zero-order chi connectivity index (χ0) is 19.7. The fourth-order valence-corrected chi connectivity index (χ4v) is 3.90. The second kappa shape index (κ2) is 8.07. The fraction of sp³-hybridized carbons (Fsp3) is 0.333. The Morgan fingerprint density at radius 1 is 1.04 bits per heavy atom. The highest BCUT2D eigenvalue weighted by Crippen LogP contribution is 2.21. The van der Waals surface area contributed by atoms with E-state index in [0.29, 0.717) is 6.67 Å². The van der Waals surface area contributed by atoms with Gasteiger partial charge < -0.3 is 9.47 Å². The van der Waals surface area contributed by atoms with Gasteiger partial charge in [-0.15, -0.1) is 0 Å². The first-order valence-corrected chi connectivity index (χ1v) is 10.2. The molecule has 2 heterocycles. The Bertz CT molecular complexity index is 1020. The van der Waals surface area contributed by atoms with Crippen molar-refractivity contribution in [2.45, 2.75) is 13.6 Å². The maximum Gasteiger partial charge on any atom is 0.199 e. The summed E-state index contributed by atoms with van der Waals surface area (Å²) in [7, 11) is 1.96. The standard InChI is InChI=1S/C21H24ClN5S/c1-16-4-3-5-19(14-16)26-12-10-25(11-13-26)15-27-21(28)24(2)20(23-27)17-6-8-18(22)9-7-17/h3-9,14H,10-13,15H2,1-2H3. The molecular weight excluding hydrogens is 390 g/mol. The number of nitrogens with zero attached hydrogens (tertiary/aromatic N) is 5. The molecule has 1 fully saturated rings. The molecule has 1 aliphatic heterocycles. The first kappa shape index (κ1) is 19.2. The molecule has 146 valence electrons. The summed E-state index contributed by atoms with van der Waals surface area (Å²) in [6.45, 7) is 6.84. The zero-order valence-corrected chi connectivity index (χ0v) is 17.7. The first-order chi connectivity index (χ1) is 13.5. The van der Waals surface area contributed by atoms with Gasteiger partial charge in [0, 0.05) is 49.5 Å². The number of anilines is 1. The maximum absolute atomic E-state index is 6.01. The second-order valence-electron chi connectivity index (χ2n) is 7.26. The smallest absolute Gasteiger partial charge is 0.199 e. The van der Waals surface area contributed by atoms with Crippen LogP contribution in [-0.2, 0) is 13.7 Å². The van der Waals surface area contributed by atoms with Crippen LogP contribution in [0.5, 0.6) is 0 Å². The molecule has 1 saturated heterocycles. The largest absolute Gasteiger partial charge is 0.369 e. The number of halogens is 1. The molecule has 3 aromatic rings. The Labute approximate surface area is 175 Å². The van der Waals surface area contributed by atoms with E-state index >= 15 is 0 Å². The van der Waals surface area contributed by atoms with Gasteiger partial charge in [-0.05, 0) is 61.1 Å². The lowest BCUT2D eigenvalue weighted by atomic mass is 10.2. The van der Waals surface area contributed by atoms with E-state index in [1.165, 1.54) is 11.3 Å². The molecule has 1 aromatic heterocycles. The molecule has 0 bridgehead atoms.